The Balaban J connectivity index is 2.17. The lowest BCUT2D eigenvalue weighted by Gasteiger charge is -2.19. The number of hydrogen-bond donors (Lipinski definition) is 2. The van der Waals surface area contributed by atoms with Crippen LogP contribution in [0.25, 0.3) is 17.2 Å². The van der Waals surface area contributed by atoms with E-state index in [0.717, 1.165) is 35.2 Å². The highest BCUT2D eigenvalue weighted by molar-refractivity contribution is 5.93. The molecule has 0 saturated carbocycles. The number of nitrogens with one attached hydrogen (secondary N) is 1. The van der Waals surface area contributed by atoms with E-state index in [4.69, 9.17) is 9.84 Å². The molecule has 0 fully saturated rings. The highest BCUT2D eigenvalue weighted by Gasteiger charge is 2.13. The summed E-state index contributed by atoms with van der Waals surface area (Å²) in [5.41, 5.74) is 3.59. The van der Waals surface area contributed by atoms with Gasteiger partial charge in [-0.1, -0.05) is 56.9 Å². The molecule has 2 N–H and O–H groups in total. The van der Waals surface area contributed by atoms with E-state index in [1.54, 1.807) is 24.9 Å². The number of anilines is 1. The van der Waals surface area contributed by atoms with E-state index in [1.807, 2.05) is 49.4 Å². The molecule has 0 aliphatic rings. The molecule has 2 aromatic rings. The van der Waals surface area contributed by atoms with Gasteiger partial charge in [0.05, 0.1) is 6.61 Å². The second-order valence-electron chi connectivity index (χ2n) is 8.08. The first-order valence-corrected chi connectivity index (χ1v) is 11.7. The molecular weight excluding hydrogens is 416 g/mol. The van der Waals surface area contributed by atoms with Crippen LogP contribution in [0.4, 0.5) is 10.5 Å². The van der Waals surface area contributed by atoms with E-state index in [1.165, 1.54) is 19.3 Å². The number of amides is 2. The highest BCUT2D eigenvalue weighted by atomic mass is 16.5. The summed E-state index contributed by atoms with van der Waals surface area (Å²) < 4.78 is 5.85. The molecule has 2 amide bonds. The Morgan fingerprint density at radius 1 is 1.06 bits per heavy atom. The summed E-state index contributed by atoms with van der Waals surface area (Å²) in [6.45, 7) is 6.82. The fourth-order valence-corrected chi connectivity index (χ4v) is 3.50. The van der Waals surface area contributed by atoms with Crippen LogP contribution in [0.15, 0.2) is 48.0 Å². The molecule has 0 unspecified atom stereocenters. The second kappa shape index (κ2) is 13.3. The number of ether oxygens (including phenoxy) is 1. The second-order valence-corrected chi connectivity index (χ2v) is 8.08. The number of benzene rings is 2. The largest absolute Gasteiger partial charge is 0.493 e. The van der Waals surface area contributed by atoms with E-state index in [9.17, 15) is 9.59 Å². The maximum Gasteiger partial charge on any atom is 0.331 e. The lowest BCUT2D eigenvalue weighted by Crippen LogP contribution is -2.37. The summed E-state index contributed by atoms with van der Waals surface area (Å²) in [6.07, 6.45) is 7.38. The minimum absolute atomic E-state index is 0.127. The molecule has 0 heterocycles. The number of unbranched alkanes of at least 4 members (excludes halogenated alkanes) is 4. The number of hydrogen-bond acceptors (Lipinski definition) is 3. The van der Waals surface area contributed by atoms with E-state index in [0.29, 0.717) is 18.9 Å². The Hall–Kier alpha value is -3.28. The van der Waals surface area contributed by atoms with Crippen molar-refractivity contribution in [2.75, 3.05) is 25.1 Å². The van der Waals surface area contributed by atoms with Gasteiger partial charge in [-0.2, -0.15) is 0 Å². The van der Waals surface area contributed by atoms with Crippen LogP contribution >= 0.6 is 0 Å². The maximum atomic E-state index is 12.6. The molecule has 0 aliphatic carbocycles. The van der Waals surface area contributed by atoms with Crippen molar-refractivity contribution in [2.24, 2.45) is 0 Å². The first-order chi connectivity index (χ1) is 15.9. The number of aliphatic carboxylic acids is 1. The lowest BCUT2D eigenvalue weighted by atomic mass is 10.0. The Labute approximate surface area is 197 Å². The predicted octanol–water partition coefficient (Wildman–Crippen LogP) is 6.36. The van der Waals surface area contributed by atoms with Gasteiger partial charge in [-0.15, -0.1) is 0 Å². The van der Waals surface area contributed by atoms with Crippen molar-refractivity contribution in [1.29, 1.82) is 0 Å². The molecule has 2 rings (SSSR count). The average molecular weight is 453 g/mol. The summed E-state index contributed by atoms with van der Waals surface area (Å²) in [5, 5.41) is 12.1. The zero-order valence-corrected chi connectivity index (χ0v) is 20.2. The van der Waals surface area contributed by atoms with E-state index < -0.39 is 5.97 Å². The minimum Gasteiger partial charge on any atom is -0.493 e. The zero-order chi connectivity index (χ0) is 24.2. The van der Waals surface area contributed by atoms with Gasteiger partial charge in [0.2, 0.25) is 0 Å². The van der Waals surface area contributed by atoms with Gasteiger partial charge in [0.15, 0.2) is 0 Å². The van der Waals surface area contributed by atoms with Gasteiger partial charge in [0.25, 0.3) is 0 Å². The van der Waals surface area contributed by atoms with Crippen molar-refractivity contribution in [3.05, 3.63) is 53.6 Å². The summed E-state index contributed by atoms with van der Waals surface area (Å²) in [6, 6.07) is 13.2. The highest BCUT2D eigenvalue weighted by Crippen LogP contribution is 2.33. The van der Waals surface area contributed by atoms with Crippen LogP contribution in [0.3, 0.4) is 0 Å². The van der Waals surface area contributed by atoms with Crippen LogP contribution in [-0.4, -0.2) is 37.3 Å². The minimum atomic E-state index is -0.952. The number of nitrogens with zero attached hydrogens (tertiary/aromatic N) is 1. The van der Waals surface area contributed by atoms with Gasteiger partial charge in [-0.3, -0.25) is 4.90 Å². The molecular formula is C27H36N2O4. The average Bonchev–Trinajstić information content (AvgIpc) is 2.81. The number of carbonyl (C=O) groups is 2. The van der Waals surface area contributed by atoms with E-state index in [2.05, 4.69) is 12.2 Å². The SMILES string of the molecule is CCCCCCCNC(=O)N(C)c1cccc(-c2ccc(/C=C(\C)C(=O)O)cc2OCC)c1. The maximum absolute atomic E-state index is 12.6. The van der Waals surface area contributed by atoms with Gasteiger partial charge < -0.3 is 15.2 Å². The first-order valence-electron chi connectivity index (χ1n) is 11.7. The molecule has 0 bridgehead atoms. The number of urea groups is 1. The normalized spacial score (nSPS) is 11.2. The van der Waals surface area contributed by atoms with E-state index in [-0.39, 0.29) is 11.6 Å². The first kappa shape index (κ1) is 26.0. The van der Waals surface area contributed by atoms with Crippen LogP contribution in [0.2, 0.25) is 0 Å². The Morgan fingerprint density at radius 3 is 2.52 bits per heavy atom. The molecule has 0 aromatic heterocycles. The monoisotopic (exact) mass is 452 g/mol. The van der Waals surface area contributed by atoms with Crippen LogP contribution in [0.1, 0.15) is 58.4 Å². The molecule has 0 saturated heterocycles. The lowest BCUT2D eigenvalue weighted by molar-refractivity contribution is -0.132. The van der Waals surface area contributed by atoms with Crippen LogP contribution in [0.5, 0.6) is 5.75 Å². The number of carboxylic acids is 1. The fraction of sp³-hybridized carbons (Fsp3) is 0.407. The standard InChI is InChI=1S/C27H36N2O4/c1-5-7-8-9-10-16-28-27(32)29(4)23-13-11-12-22(19-23)24-15-14-21(17-20(3)26(30)31)18-25(24)33-6-2/h11-15,17-19H,5-10,16H2,1-4H3,(H,28,32)(H,30,31)/b20-17+. The van der Waals surface area contributed by atoms with Gasteiger partial charge in [-0.05, 0) is 55.7 Å². The summed E-state index contributed by atoms with van der Waals surface area (Å²) >= 11 is 0. The number of carbonyl (C=O) groups excluding carboxylic acids is 1. The third-order valence-corrected chi connectivity index (χ3v) is 5.43. The van der Waals surface area contributed by atoms with Crippen LogP contribution in [-0.2, 0) is 4.79 Å². The third kappa shape index (κ3) is 7.97. The van der Waals surface area contributed by atoms with Crippen molar-refractivity contribution in [3.8, 4) is 16.9 Å². The van der Waals surface area contributed by atoms with Crippen molar-refractivity contribution in [2.45, 2.75) is 52.9 Å². The molecule has 2 aromatic carbocycles. The van der Waals surface area contributed by atoms with E-state index >= 15 is 0 Å². The predicted molar refractivity (Wildman–Crippen MR) is 135 cm³/mol. The molecule has 0 radical (unpaired) electrons. The molecule has 0 aliphatic heterocycles. The molecule has 6 nitrogen and oxygen atoms in total. The van der Waals surface area contributed by atoms with Gasteiger partial charge in [0, 0.05) is 30.4 Å². The molecule has 6 heteroatoms. The van der Waals surface area contributed by atoms with Crippen molar-refractivity contribution < 1.29 is 19.4 Å². The summed E-state index contributed by atoms with van der Waals surface area (Å²) in [4.78, 5) is 25.3. The number of carboxylic acid groups (broad SMARTS) is 1. The summed E-state index contributed by atoms with van der Waals surface area (Å²) in [7, 11) is 1.76. The Morgan fingerprint density at radius 2 is 1.82 bits per heavy atom. The van der Waals surface area contributed by atoms with Crippen molar-refractivity contribution >= 4 is 23.8 Å². The van der Waals surface area contributed by atoms with Gasteiger partial charge >= 0.3 is 12.0 Å². The quantitative estimate of drug-likeness (QED) is 0.290. The van der Waals surface area contributed by atoms with Gasteiger partial charge in [-0.25, -0.2) is 9.59 Å². The Kier molecular flexibility index (Phi) is 10.5. The zero-order valence-electron chi connectivity index (χ0n) is 20.2. The molecule has 33 heavy (non-hydrogen) atoms. The smallest absolute Gasteiger partial charge is 0.331 e. The van der Waals surface area contributed by atoms with Gasteiger partial charge in [0.1, 0.15) is 5.75 Å². The summed E-state index contributed by atoms with van der Waals surface area (Å²) in [5.74, 6) is -0.284. The fourth-order valence-electron chi connectivity index (χ4n) is 3.50. The molecule has 178 valence electrons. The van der Waals surface area contributed by atoms with Crippen molar-refractivity contribution in [3.63, 3.8) is 0 Å². The van der Waals surface area contributed by atoms with Crippen LogP contribution in [0, 0.1) is 0 Å². The van der Waals surface area contributed by atoms with Crippen LogP contribution < -0.4 is 15.0 Å². The third-order valence-electron chi connectivity index (χ3n) is 5.43. The molecule has 0 atom stereocenters. The number of rotatable bonds is 12. The Bertz CT molecular complexity index is 968. The molecule has 0 spiro atoms. The van der Waals surface area contributed by atoms with Crippen molar-refractivity contribution in [1.82, 2.24) is 5.32 Å². The topological polar surface area (TPSA) is 78.9 Å².